The summed E-state index contributed by atoms with van der Waals surface area (Å²) >= 11 is 0. The molecule has 0 radical (unpaired) electrons. The Kier molecular flexibility index (Phi) is 3.99. The fourth-order valence-electron chi connectivity index (χ4n) is 3.97. The van der Waals surface area contributed by atoms with Crippen molar-refractivity contribution >= 4 is 0 Å². The van der Waals surface area contributed by atoms with Gasteiger partial charge in [-0.3, -0.25) is 4.90 Å². The van der Waals surface area contributed by atoms with Gasteiger partial charge in [-0.05, 0) is 31.4 Å². The van der Waals surface area contributed by atoms with Gasteiger partial charge in [0.15, 0.2) is 0 Å². The van der Waals surface area contributed by atoms with Crippen molar-refractivity contribution in [2.75, 3.05) is 19.7 Å². The minimum atomic E-state index is 0.455. The Morgan fingerprint density at radius 1 is 1.25 bits per heavy atom. The van der Waals surface area contributed by atoms with Crippen LogP contribution >= 0.6 is 0 Å². The van der Waals surface area contributed by atoms with Gasteiger partial charge < -0.3 is 10.5 Å². The second-order valence-corrected chi connectivity index (χ2v) is 6.43. The average molecular weight is 274 g/mol. The molecule has 2 aliphatic rings. The first-order valence-corrected chi connectivity index (χ1v) is 7.90. The molecule has 4 atom stereocenters. The third kappa shape index (κ3) is 2.33. The summed E-state index contributed by atoms with van der Waals surface area (Å²) in [5, 5.41) is 0. The molecule has 3 heteroatoms. The fourth-order valence-corrected chi connectivity index (χ4v) is 3.97. The van der Waals surface area contributed by atoms with Crippen LogP contribution < -0.4 is 10.5 Å². The molecule has 2 N–H and O–H groups in total. The topological polar surface area (TPSA) is 38.5 Å². The van der Waals surface area contributed by atoms with Gasteiger partial charge in [0.05, 0.1) is 6.61 Å². The molecule has 0 aromatic heterocycles. The number of benzene rings is 1. The lowest BCUT2D eigenvalue weighted by Gasteiger charge is -2.47. The molecule has 1 fully saturated rings. The predicted molar refractivity (Wildman–Crippen MR) is 81.8 cm³/mol. The van der Waals surface area contributed by atoms with Crippen molar-refractivity contribution in [1.29, 1.82) is 0 Å². The number of ether oxygens (including phenoxy) is 1. The minimum absolute atomic E-state index is 0.455. The largest absolute Gasteiger partial charge is 0.493 e. The van der Waals surface area contributed by atoms with Gasteiger partial charge in [0, 0.05) is 30.1 Å². The molecule has 110 valence electrons. The Bertz CT molecular complexity index is 462. The molecule has 3 nitrogen and oxygen atoms in total. The lowest BCUT2D eigenvalue weighted by atomic mass is 9.84. The van der Waals surface area contributed by atoms with E-state index in [9.17, 15) is 0 Å². The smallest absolute Gasteiger partial charge is 0.124 e. The summed E-state index contributed by atoms with van der Waals surface area (Å²) in [7, 11) is 0. The number of piperidine rings is 1. The zero-order valence-electron chi connectivity index (χ0n) is 12.6. The van der Waals surface area contributed by atoms with E-state index in [0.717, 1.165) is 25.4 Å². The molecule has 0 bridgehead atoms. The number of nitrogens with two attached hydrogens (primary N) is 1. The third-order valence-corrected chi connectivity index (χ3v) is 5.04. The fraction of sp³-hybridized carbons (Fsp3) is 0.647. The van der Waals surface area contributed by atoms with Crippen LogP contribution in [0, 0.1) is 11.8 Å². The highest BCUT2D eigenvalue weighted by molar-refractivity contribution is 5.38. The number of hydrogen-bond acceptors (Lipinski definition) is 3. The number of likely N-dealkylation sites (tertiary alicyclic amines) is 1. The Labute approximate surface area is 122 Å². The molecule has 2 aliphatic heterocycles. The molecule has 0 spiro atoms. The van der Waals surface area contributed by atoms with Crippen molar-refractivity contribution in [3.05, 3.63) is 29.8 Å². The summed E-state index contributed by atoms with van der Waals surface area (Å²) in [6.45, 7) is 7.37. The molecule has 3 rings (SSSR count). The average Bonchev–Trinajstić information content (AvgIpc) is 2.47. The second-order valence-electron chi connectivity index (χ2n) is 6.43. The first-order chi connectivity index (χ1) is 9.72. The highest BCUT2D eigenvalue weighted by Crippen LogP contribution is 2.42. The quantitative estimate of drug-likeness (QED) is 0.901. The van der Waals surface area contributed by atoms with Crippen LogP contribution in [0.1, 0.15) is 38.3 Å². The van der Waals surface area contributed by atoms with Crippen molar-refractivity contribution < 1.29 is 4.74 Å². The van der Waals surface area contributed by atoms with Gasteiger partial charge in [-0.2, -0.15) is 0 Å². The van der Waals surface area contributed by atoms with Gasteiger partial charge in [-0.15, -0.1) is 0 Å². The van der Waals surface area contributed by atoms with Gasteiger partial charge in [-0.1, -0.05) is 32.0 Å². The number of nitrogens with zero attached hydrogens (tertiary/aromatic N) is 1. The SMILES string of the molecule is CC1CCCN(C2c3ccccc3OCC2C)C1CN. The van der Waals surface area contributed by atoms with E-state index < -0.39 is 0 Å². The van der Waals surface area contributed by atoms with E-state index in [4.69, 9.17) is 10.5 Å². The van der Waals surface area contributed by atoms with Crippen molar-refractivity contribution in [2.24, 2.45) is 17.6 Å². The molecule has 1 aromatic carbocycles. The maximum atomic E-state index is 6.08. The summed E-state index contributed by atoms with van der Waals surface area (Å²) in [4.78, 5) is 2.65. The lowest BCUT2D eigenvalue weighted by Crippen LogP contribution is -2.52. The van der Waals surface area contributed by atoms with E-state index >= 15 is 0 Å². The Balaban J connectivity index is 1.95. The molecule has 20 heavy (non-hydrogen) atoms. The first kappa shape index (κ1) is 13.9. The van der Waals surface area contributed by atoms with Gasteiger partial charge in [0.2, 0.25) is 0 Å². The van der Waals surface area contributed by atoms with Crippen LogP contribution in [0.25, 0.3) is 0 Å². The summed E-state index contributed by atoms with van der Waals surface area (Å²) < 4.78 is 5.89. The van der Waals surface area contributed by atoms with Crippen LogP contribution in [0.4, 0.5) is 0 Å². The van der Waals surface area contributed by atoms with Gasteiger partial charge in [-0.25, -0.2) is 0 Å². The lowest BCUT2D eigenvalue weighted by molar-refractivity contribution is 0.0142. The molecule has 4 unspecified atom stereocenters. The van der Waals surface area contributed by atoms with Gasteiger partial charge in [0.1, 0.15) is 5.75 Å². The van der Waals surface area contributed by atoms with E-state index in [1.54, 1.807) is 0 Å². The predicted octanol–water partition coefficient (Wildman–Crippen LogP) is 2.82. The number of hydrogen-bond donors (Lipinski definition) is 1. The standard InChI is InChI=1S/C17H26N2O/c1-12-6-5-9-19(15(12)10-18)17-13(2)11-20-16-8-4-3-7-14(16)17/h3-4,7-8,12-13,15,17H,5-6,9-11,18H2,1-2H3. The Morgan fingerprint density at radius 2 is 2.05 bits per heavy atom. The maximum absolute atomic E-state index is 6.08. The Morgan fingerprint density at radius 3 is 2.85 bits per heavy atom. The maximum Gasteiger partial charge on any atom is 0.124 e. The molecule has 2 heterocycles. The van der Waals surface area contributed by atoms with E-state index in [2.05, 4.69) is 43.0 Å². The van der Waals surface area contributed by atoms with Crippen LogP contribution in [0.2, 0.25) is 0 Å². The van der Waals surface area contributed by atoms with Crippen molar-refractivity contribution in [3.8, 4) is 5.75 Å². The first-order valence-electron chi connectivity index (χ1n) is 7.90. The molecular formula is C17H26N2O. The minimum Gasteiger partial charge on any atom is -0.493 e. The highest BCUT2D eigenvalue weighted by atomic mass is 16.5. The Hall–Kier alpha value is -1.06. The molecule has 0 aliphatic carbocycles. The zero-order chi connectivity index (χ0) is 14.1. The summed E-state index contributed by atoms with van der Waals surface area (Å²) in [6.07, 6.45) is 2.58. The van der Waals surface area contributed by atoms with Gasteiger partial charge in [0.25, 0.3) is 0 Å². The molecular weight excluding hydrogens is 248 g/mol. The van der Waals surface area contributed by atoms with Crippen LogP contribution in [0.5, 0.6) is 5.75 Å². The highest BCUT2D eigenvalue weighted by Gasteiger charge is 2.38. The molecule has 0 amide bonds. The molecule has 1 saturated heterocycles. The van der Waals surface area contributed by atoms with Gasteiger partial charge >= 0.3 is 0 Å². The monoisotopic (exact) mass is 274 g/mol. The van der Waals surface area contributed by atoms with Crippen molar-refractivity contribution in [1.82, 2.24) is 4.90 Å². The number of rotatable bonds is 2. The van der Waals surface area contributed by atoms with Crippen molar-refractivity contribution in [3.63, 3.8) is 0 Å². The summed E-state index contributed by atoms with van der Waals surface area (Å²) in [5.41, 5.74) is 7.43. The normalized spacial score (nSPS) is 34.4. The van der Waals surface area contributed by atoms with Crippen LogP contribution in [0.15, 0.2) is 24.3 Å². The van der Waals surface area contributed by atoms with E-state index in [-0.39, 0.29) is 0 Å². The van der Waals surface area contributed by atoms with Crippen LogP contribution in [0.3, 0.4) is 0 Å². The molecule has 0 saturated carbocycles. The van der Waals surface area contributed by atoms with Crippen LogP contribution in [-0.2, 0) is 0 Å². The molecule has 1 aromatic rings. The van der Waals surface area contributed by atoms with E-state index in [1.165, 1.54) is 18.4 Å². The second kappa shape index (κ2) is 5.74. The number of fused-ring (bicyclic) bond motifs is 1. The third-order valence-electron chi connectivity index (χ3n) is 5.04. The van der Waals surface area contributed by atoms with Crippen molar-refractivity contribution in [2.45, 2.75) is 38.8 Å². The van der Waals surface area contributed by atoms with E-state index in [0.29, 0.717) is 23.9 Å². The van der Waals surface area contributed by atoms with E-state index in [1.807, 2.05) is 0 Å². The zero-order valence-corrected chi connectivity index (χ0v) is 12.6. The summed E-state index contributed by atoms with van der Waals surface area (Å²) in [5.74, 6) is 2.27. The number of para-hydroxylation sites is 1. The van der Waals surface area contributed by atoms with Crippen LogP contribution in [-0.4, -0.2) is 30.6 Å². The summed E-state index contributed by atoms with van der Waals surface area (Å²) in [6, 6.07) is 9.46.